The molecule has 1 aromatic heterocycles. The Bertz CT molecular complexity index is 538. The highest BCUT2D eigenvalue weighted by Crippen LogP contribution is 2.24. The zero-order valence-electron chi connectivity index (χ0n) is 9.45. The summed E-state index contributed by atoms with van der Waals surface area (Å²) in [4.78, 5) is 4.09. The van der Waals surface area contributed by atoms with Crippen LogP contribution in [0.15, 0.2) is 18.2 Å². The van der Waals surface area contributed by atoms with Crippen molar-refractivity contribution in [3.63, 3.8) is 0 Å². The van der Waals surface area contributed by atoms with E-state index in [1.165, 1.54) is 11.1 Å². The maximum atomic E-state index is 6.04. The molecule has 3 nitrogen and oxygen atoms in total. The van der Waals surface area contributed by atoms with E-state index < -0.39 is 0 Å². The van der Waals surface area contributed by atoms with Crippen LogP contribution in [0, 0.1) is 20.8 Å². The fourth-order valence-corrected chi connectivity index (χ4v) is 1.72. The predicted octanol–water partition coefficient (Wildman–Crippen LogP) is 3.12. The number of rotatable bonds is 1. The van der Waals surface area contributed by atoms with Gasteiger partial charge >= 0.3 is 0 Å². The Labute approximate surface area is 99.5 Å². The quantitative estimate of drug-likeness (QED) is 0.760. The molecule has 0 bridgehead atoms. The number of aryl methyl sites for hydroxylation is 3. The van der Waals surface area contributed by atoms with Crippen molar-refractivity contribution in [2.24, 2.45) is 0 Å². The molecular formula is C12H12ClN3. The van der Waals surface area contributed by atoms with Crippen LogP contribution in [0.3, 0.4) is 0 Å². The van der Waals surface area contributed by atoms with Gasteiger partial charge in [0.1, 0.15) is 11.5 Å². The lowest BCUT2D eigenvalue weighted by molar-refractivity contribution is 0.914. The smallest absolute Gasteiger partial charge is 0.159 e. The lowest BCUT2D eigenvalue weighted by Gasteiger charge is -2.05. The molecule has 0 aliphatic heterocycles. The second kappa shape index (κ2) is 4.18. The Morgan fingerprint density at radius 3 is 2.38 bits per heavy atom. The first-order valence-electron chi connectivity index (χ1n) is 5.02. The molecule has 0 aliphatic rings. The number of aromatic nitrogens is 3. The number of hydrogen-bond donors (Lipinski definition) is 0. The van der Waals surface area contributed by atoms with Crippen LogP contribution < -0.4 is 0 Å². The van der Waals surface area contributed by atoms with E-state index in [1.807, 2.05) is 18.2 Å². The highest BCUT2D eigenvalue weighted by molar-refractivity contribution is 6.31. The fourth-order valence-electron chi connectivity index (χ4n) is 1.45. The molecule has 2 aromatic rings. The second-order valence-corrected chi connectivity index (χ2v) is 4.16. The third-order valence-corrected chi connectivity index (χ3v) is 2.79. The maximum Gasteiger partial charge on any atom is 0.159 e. The van der Waals surface area contributed by atoms with Crippen LogP contribution in [0.5, 0.6) is 0 Å². The van der Waals surface area contributed by atoms with Crippen molar-refractivity contribution in [2.45, 2.75) is 20.8 Å². The van der Waals surface area contributed by atoms with Gasteiger partial charge in [-0.2, -0.15) is 0 Å². The first-order chi connectivity index (χ1) is 7.58. The van der Waals surface area contributed by atoms with E-state index in [0.29, 0.717) is 16.7 Å². The summed E-state index contributed by atoms with van der Waals surface area (Å²) in [6.45, 7) is 5.89. The molecule has 0 aliphatic carbocycles. The normalized spacial score (nSPS) is 10.5. The van der Waals surface area contributed by atoms with E-state index in [0.717, 1.165) is 5.56 Å². The van der Waals surface area contributed by atoms with Crippen molar-refractivity contribution >= 4 is 11.6 Å². The van der Waals surface area contributed by atoms with E-state index >= 15 is 0 Å². The lowest BCUT2D eigenvalue weighted by Crippen LogP contribution is -1.96. The molecule has 16 heavy (non-hydrogen) atoms. The minimum absolute atomic E-state index is 0.399. The fraction of sp³-hybridized carbons (Fsp3) is 0.250. The molecule has 0 unspecified atom stereocenters. The Balaban J connectivity index is 2.54. The number of halogens is 1. The third kappa shape index (κ3) is 2.04. The van der Waals surface area contributed by atoms with E-state index in [9.17, 15) is 0 Å². The standard InChI is InChI=1S/C12H12ClN3/c1-7-4-5-10(6-8(7)2)11-12(13)14-9(3)15-16-11/h4-6H,1-3H3. The largest absolute Gasteiger partial charge is 0.217 e. The molecule has 0 spiro atoms. The van der Waals surface area contributed by atoms with Crippen LogP contribution in [0.4, 0.5) is 0 Å². The number of hydrogen-bond acceptors (Lipinski definition) is 3. The van der Waals surface area contributed by atoms with Gasteiger partial charge in [0, 0.05) is 5.56 Å². The van der Waals surface area contributed by atoms with Crippen molar-refractivity contribution in [1.82, 2.24) is 15.2 Å². The summed E-state index contributed by atoms with van der Waals surface area (Å²) in [6, 6.07) is 6.07. The average Bonchev–Trinajstić information content (AvgIpc) is 2.22. The Kier molecular flexibility index (Phi) is 2.88. The zero-order chi connectivity index (χ0) is 11.7. The minimum atomic E-state index is 0.399. The molecule has 82 valence electrons. The van der Waals surface area contributed by atoms with Crippen molar-refractivity contribution in [3.05, 3.63) is 40.3 Å². The second-order valence-electron chi connectivity index (χ2n) is 3.80. The van der Waals surface area contributed by atoms with Crippen LogP contribution in [-0.2, 0) is 0 Å². The molecule has 1 heterocycles. The predicted molar refractivity (Wildman–Crippen MR) is 64.5 cm³/mol. The molecule has 0 saturated carbocycles. The van der Waals surface area contributed by atoms with Gasteiger partial charge < -0.3 is 0 Å². The summed E-state index contributed by atoms with van der Waals surface area (Å²) in [7, 11) is 0. The lowest BCUT2D eigenvalue weighted by atomic mass is 10.0. The molecule has 2 rings (SSSR count). The van der Waals surface area contributed by atoms with Crippen molar-refractivity contribution in [3.8, 4) is 11.3 Å². The van der Waals surface area contributed by atoms with Crippen molar-refractivity contribution < 1.29 is 0 Å². The highest BCUT2D eigenvalue weighted by atomic mass is 35.5. The number of benzene rings is 1. The Morgan fingerprint density at radius 1 is 1.00 bits per heavy atom. The van der Waals surface area contributed by atoms with Gasteiger partial charge in [0.05, 0.1) is 0 Å². The number of nitrogens with zero attached hydrogens (tertiary/aromatic N) is 3. The van der Waals surface area contributed by atoms with E-state index in [1.54, 1.807) is 6.92 Å². The monoisotopic (exact) mass is 233 g/mol. The van der Waals surface area contributed by atoms with Gasteiger partial charge in [0.2, 0.25) is 0 Å². The summed E-state index contributed by atoms with van der Waals surface area (Å²) in [5.41, 5.74) is 4.03. The molecular weight excluding hydrogens is 222 g/mol. The molecule has 0 saturated heterocycles. The van der Waals surface area contributed by atoms with Crippen LogP contribution >= 0.6 is 11.6 Å². The summed E-state index contributed by atoms with van der Waals surface area (Å²) in [5.74, 6) is 0.581. The van der Waals surface area contributed by atoms with Gasteiger partial charge in [0.15, 0.2) is 5.15 Å². The molecule has 1 aromatic carbocycles. The van der Waals surface area contributed by atoms with Gasteiger partial charge in [0.25, 0.3) is 0 Å². The van der Waals surface area contributed by atoms with Crippen LogP contribution in [0.1, 0.15) is 17.0 Å². The van der Waals surface area contributed by atoms with E-state index in [-0.39, 0.29) is 0 Å². The minimum Gasteiger partial charge on any atom is -0.217 e. The van der Waals surface area contributed by atoms with Crippen LogP contribution in [0.2, 0.25) is 5.15 Å². The summed E-state index contributed by atoms with van der Waals surface area (Å²) in [6.07, 6.45) is 0. The van der Waals surface area contributed by atoms with E-state index in [4.69, 9.17) is 11.6 Å². The van der Waals surface area contributed by atoms with Crippen molar-refractivity contribution in [1.29, 1.82) is 0 Å². The Morgan fingerprint density at radius 2 is 1.75 bits per heavy atom. The van der Waals surface area contributed by atoms with Gasteiger partial charge in [-0.05, 0) is 38.0 Å². The first-order valence-corrected chi connectivity index (χ1v) is 5.40. The van der Waals surface area contributed by atoms with Gasteiger partial charge in [-0.3, -0.25) is 0 Å². The average molecular weight is 234 g/mol. The molecule has 0 atom stereocenters. The summed E-state index contributed by atoms with van der Waals surface area (Å²) >= 11 is 6.04. The summed E-state index contributed by atoms with van der Waals surface area (Å²) < 4.78 is 0. The van der Waals surface area contributed by atoms with Gasteiger partial charge in [-0.25, -0.2) is 4.98 Å². The molecule has 0 amide bonds. The zero-order valence-corrected chi connectivity index (χ0v) is 10.2. The highest BCUT2D eigenvalue weighted by Gasteiger charge is 2.08. The third-order valence-electron chi connectivity index (χ3n) is 2.53. The first kappa shape index (κ1) is 11.0. The topological polar surface area (TPSA) is 38.7 Å². The van der Waals surface area contributed by atoms with Gasteiger partial charge in [-0.1, -0.05) is 23.7 Å². The molecule has 0 radical (unpaired) electrons. The molecule has 0 fully saturated rings. The summed E-state index contributed by atoms with van der Waals surface area (Å²) in [5, 5.41) is 8.40. The van der Waals surface area contributed by atoms with Gasteiger partial charge in [-0.15, -0.1) is 10.2 Å². The maximum absolute atomic E-state index is 6.04. The van der Waals surface area contributed by atoms with Crippen LogP contribution in [0.25, 0.3) is 11.3 Å². The van der Waals surface area contributed by atoms with Crippen LogP contribution in [-0.4, -0.2) is 15.2 Å². The molecule has 0 N–H and O–H groups in total. The van der Waals surface area contributed by atoms with E-state index in [2.05, 4.69) is 29.0 Å². The van der Waals surface area contributed by atoms with Crippen molar-refractivity contribution in [2.75, 3.05) is 0 Å². The molecule has 4 heteroatoms. The SMILES string of the molecule is Cc1nnc(-c2ccc(C)c(C)c2)c(Cl)n1. The Hall–Kier alpha value is -1.48.